The van der Waals surface area contributed by atoms with Gasteiger partial charge in [-0.1, -0.05) is 6.42 Å². The molecule has 0 spiro atoms. The fourth-order valence-electron chi connectivity index (χ4n) is 6.31. The smallest absolute Gasteiger partial charge is 0.333 e. The van der Waals surface area contributed by atoms with Crippen molar-refractivity contribution in [2.24, 2.45) is 0 Å². The van der Waals surface area contributed by atoms with E-state index in [1.807, 2.05) is 23.6 Å². The summed E-state index contributed by atoms with van der Waals surface area (Å²) in [7, 11) is 0. The van der Waals surface area contributed by atoms with Crippen LogP contribution in [0.2, 0.25) is 0 Å². The molecule has 1 atom stereocenters. The maximum atomic E-state index is 13.6. The molecule has 0 bridgehead atoms. The standard InChI is InChI=1S/C38H64N4O12/c1-34(2,3)52-32(48)23-40-22-21-39(19-17-36(7,8)50-27-43)25-38(26-40,16-12-11-13-31(47)54-42-29(45)14-15-30(42)46)41(20-18-37(9,10)51-28-44)24-33(49)53-35(4,5)6/h14-15,27-28,45-46H,11-13,16-26H2,1-10H3. The lowest BCUT2D eigenvalue weighted by molar-refractivity contribution is -0.161. The highest BCUT2D eigenvalue weighted by Crippen LogP contribution is 2.31. The van der Waals surface area contributed by atoms with Gasteiger partial charge in [0.05, 0.1) is 13.1 Å². The van der Waals surface area contributed by atoms with Gasteiger partial charge in [-0.3, -0.25) is 29.0 Å². The van der Waals surface area contributed by atoms with Crippen LogP contribution >= 0.6 is 0 Å². The Bertz CT molecular complexity index is 1380. The molecule has 1 unspecified atom stereocenters. The van der Waals surface area contributed by atoms with Crippen molar-refractivity contribution < 1.29 is 58.0 Å². The summed E-state index contributed by atoms with van der Waals surface area (Å²) in [5.41, 5.74) is -3.91. The van der Waals surface area contributed by atoms with E-state index in [9.17, 15) is 34.2 Å². The Hall–Kier alpha value is -3.89. The highest BCUT2D eigenvalue weighted by atomic mass is 16.7. The molecule has 0 aliphatic carbocycles. The summed E-state index contributed by atoms with van der Waals surface area (Å²) >= 11 is 0. The van der Waals surface area contributed by atoms with Gasteiger partial charge in [0.2, 0.25) is 11.8 Å². The number of aromatic hydroxyl groups is 2. The van der Waals surface area contributed by atoms with Crippen molar-refractivity contribution in [1.82, 2.24) is 19.4 Å². The van der Waals surface area contributed by atoms with E-state index < -0.39 is 57.6 Å². The van der Waals surface area contributed by atoms with Crippen LogP contribution < -0.4 is 4.84 Å². The second-order valence-corrected chi connectivity index (χ2v) is 17.3. The highest BCUT2D eigenvalue weighted by molar-refractivity contribution is 5.73. The quantitative estimate of drug-likeness (QED) is 0.0801. The summed E-state index contributed by atoms with van der Waals surface area (Å²) in [6.07, 6.45) is 2.11. The molecule has 2 N–H and O–H groups in total. The number of carbonyl (C=O) groups is 5. The van der Waals surface area contributed by atoms with Crippen LogP contribution in [0.1, 0.15) is 108 Å². The molecular weight excluding hydrogens is 704 g/mol. The van der Waals surface area contributed by atoms with E-state index in [2.05, 4.69) is 4.90 Å². The third kappa shape index (κ3) is 16.6. The predicted octanol–water partition coefficient (Wildman–Crippen LogP) is 3.44. The largest absolute Gasteiger partial charge is 0.492 e. The first kappa shape index (κ1) is 46.3. The van der Waals surface area contributed by atoms with Crippen LogP contribution in [0.4, 0.5) is 0 Å². The van der Waals surface area contributed by atoms with E-state index in [4.69, 9.17) is 23.8 Å². The zero-order chi connectivity index (χ0) is 41.0. The number of unbranched alkanes of at least 4 members (excludes halogenated alkanes) is 1. The van der Waals surface area contributed by atoms with Gasteiger partial charge < -0.3 is 38.9 Å². The van der Waals surface area contributed by atoms with Gasteiger partial charge in [0.15, 0.2) is 0 Å². The summed E-state index contributed by atoms with van der Waals surface area (Å²) < 4.78 is 22.9. The Kier molecular flexibility index (Phi) is 16.8. The Morgan fingerprint density at radius 1 is 0.759 bits per heavy atom. The second-order valence-electron chi connectivity index (χ2n) is 17.3. The molecule has 0 amide bonds. The molecule has 2 rings (SSSR count). The fourth-order valence-corrected chi connectivity index (χ4v) is 6.31. The number of esters is 2. The van der Waals surface area contributed by atoms with Gasteiger partial charge in [-0.2, -0.15) is 0 Å². The van der Waals surface area contributed by atoms with Crippen molar-refractivity contribution in [3.63, 3.8) is 0 Å². The molecule has 1 aromatic heterocycles. The van der Waals surface area contributed by atoms with Crippen molar-refractivity contribution in [3.05, 3.63) is 12.1 Å². The molecule has 54 heavy (non-hydrogen) atoms. The number of ether oxygens (including phenoxy) is 4. The molecule has 1 aromatic rings. The normalized spacial score (nSPS) is 17.8. The fraction of sp³-hybridized carbons (Fsp3) is 0.763. The summed E-state index contributed by atoms with van der Waals surface area (Å²) in [5.74, 6) is -2.38. The first-order valence-electron chi connectivity index (χ1n) is 18.6. The van der Waals surface area contributed by atoms with Gasteiger partial charge >= 0.3 is 17.9 Å². The lowest BCUT2D eigenvalue weighted by Crippen LogP contribution is -2.62. The van der Waals surface area contributed by atoms with E-state index >= 15 is 0 Å². The predicted molar refractivity (Wildman–Crippen MR) is 198 cm³/mol. The molecular formula is C38H64N4O12. The Labute approximate surface area is 319 Å². The lowest BCUT2D eigenvalue weighted by atomic mass is 9.87. The zero-order valence-corrected chi connectivity index (χ0v) is 34.0. The first-order valence-corrected chi connectivity index (χ1v) is 18.6. The molecule has 1 fully saturated rings. The van der Waals surface area contributed by atoms with Crippen LogP contribution in [0.15, 0.2) is 12.1 Å². The van der Waals surface area contributed by atoms with Crippen molar-refractivity contribution >= 4 is 30.9 Å². The first-order chi connectivity index (χ1) is 24.9. The molecule has 0 radical (unpaired) electrons. The minimum Gasteiger partial charge on any atom is -0.492 e. The third-order valence-electron chi connectivity index (χ3n) is 8.96. The number of nitrogens with zero attached hydrogens (tertiary/aromatic N) is 4. The highest BCUT2D eigenvalue weighted by Gasteiger charge is 2.44. The second kappa shape index (κ2) is 19.6. The Morgan fingerprint density at radius 3 is 1.83 bits per heavy atom. The lowest BCUT2D eigenvalue weighted by Gasteiger charge is -2.47. The summed E-state index contributed by atoms with van der Waals surface area (Å²) in [4.78, 5) is 73.8. The van der Waals surface area contributed by atoms with Crippen LogP contribution in [0.5, 0.6) is 11.8 Å². The molecule has 2 heterocycles. The molecule has 16 heteroatoms. The van der Waals surface area contributed by atoms with E-state index in [1.54, 1.807) is 55.4 Å². The van der Waals surface area contributed by atoms with Crippen LogP contribution in [0.3, 0.4) is 0 Å². The minimum absolute atomic E-state index is 0.0111. The number of rotatable bonds is 21. The molecule has 308 valence electrons. The monoisotopic (exact) mass is 768 g/mol. The van der Waals surface area contributed by atoms with Crippen LogP contribution in [0.25, 0.3) is 0 Å². The topological polar surface area (TPSA) is 187 Å². The Morgan fingerprint density at radius 2 is 1.28 bits per heavy atom. The molecule has 0 saturated carbocycles. The van der Waals surface area contributed by atoms with Crippen molar-refractivity contribution in [1.29, 1.82) is 0 Å². The van der Waals surface area contributed by atoms with Gasteiger partial charge in [0, 0.05) is 63.4 Å². The van der Waals surface area contributed by atoms with Gasteiger partial charge in [-0.15, -0.1) is 4.73 Å². The van der Waals surface area contributed by atoms with Gasteiger partial charge in [0.1, 0.15) is 22.4 Å². The third-order valence-corrected chi connectivity index (χ3v) is 8.96. The van der Waals surface area contributed by atoms with E-state index in [-0.39, 0.29) is 19.5 Å². The number of hydrogen-bond donors (Lipinski definition) is 2. The van der Waals surface area contributed by atoms with Crippen molar-refractivity contribution in [3.8, 4) is 11.8 Å². The zero-order valence-electron chi connectivity index (χ0n) is 34.0. The SMILES string of the molecule is CC(C)(C)OC(=O)CN1CCN(CCC(C)(C)OC=O)CC(CCCCC(=O)On2c(O)ccc2O)(N(CCC(C)(C)OC=O)CC(=O)OC(C)(C)C)C1. The van der Waals surface area contributed by atoms with Crippen LogP contribution in [-0.2, 0) is 42.9 Å². The maximum Gasteiger partial charge on any atom is 0.333 e. The summed E-state index contributed by atoms with van der Waals surface area (Å²) in [6.45, 7) is 21.4. The van der Waals surface area contributed by atoms with Gasteiger partial charge in [-0.05, 0) is 94.9 Å². The van der Waals surface area contributed by atoms with E-state index in [0.717, 1.165) is 0 Å². The summed E-state index contributed by atoms with van der Waals surface area (Å²) in [5, 5.41) is 19.8. The maximum absolute atomic E-state index is 13.6. The number of hydrogen-bond acceptors (Lipinski definition) is 15. The van der Waals surface area contributed by atoms with Gasteiger partial charge in [-0.25, -0.2) is 4.79 Å². The van der Waals surface area contributed by atoms with E-state index in [0.29, 0.717) is 89.0 Å². The van der Waals surface area contributed by atoms with Gasteiger partial charge in [0.25, 0.3) is 12.9 Å². The van der Waals surface area contributed by atoms with Crippen LogP contribution in [0, 0.1) is 0 Å². The molecule has 1 aliphatic heterocycles. The number of aromatic nitrogens is 1. The number of carbonyl (C=O) groups excluding carboxylic acids is 5. The van der Waals surface area contributed by atoms with Crippen LogP contribution in [-0.4, -0.2) is 141 Å². The average molecular weight is 769 g/mol. The molecule has 0 aromatic carbocycles. The van der Waals surface area contributed by atoms with Crippen molar-refractivity contribution in [2.75, 3.05) is 52.4 Å². The van der Waals surface area contributed by atoms with E-state index in [1.165, 1.54) is 12.1 Å². The molecule has 1 saturated heterocycles. The van der Waals surface area contributed by atoms with Crippen molar-refractivity contribution in [2.45, 2.75) is 136 Å². The molecule has 16 nitrogen and oxygen atoms in total. The average Bonchev–Trinajstić information content (AvgIpc) is 3.21. The summed E-state index contributed by atoms with van der Waals surface area (Å²) in [6, 6.07) is 2.39. The minimum atomic E-state index is -0.870. The molecule has 1 aliphatic rings. The Balaban J connectivity index is 2.59.